The summed E-state index contributed by atoms with van der Waals surface area (Å²) in [4.78, 5) is 15.7. The highest BCUT2D eigenvalue weighted by Gasteiger charge is 2.43. The van der Waals surface area contributed by atoms with Crippen molar-refractivity contribution in [3.63, 3.8) is 0 Å². The third kappa shape index (κ3) is 3.12. The number of hydrogen-bond donors (Lipinski definition) is 1. The average Bonchev–Trinajstić information content (AvgIpc) is 3.24. The molecule has 1 aromatic rings. The van der Waals surface area contributed by atoms with Crippen LogP contribution >= 0.6 is 11.8 Å². The zero-order valence-corrected chi connectivity index (χ0v) is 16.2. The van der Waals surface area contributed by atoms with Crippen molar-refractivity contribution in [2.24, 2.45) is 4.99 Å². The van der Waals surface area contributed by atoms with Crippen molar-refractivity contribution in [1.82, 2.24) is 9.97 Å². The molecule has 1 aromatic heterocycles. The minimum atomic E-state index is 0.280. The molecule has 4 rings (SSSR count). The number of aliphatic imine (C=N–C) groups is 1. The second-order valence-electron chi connectivity index (χ2n) is 7.24. The van der Waals surface area contributed by atoms with Gasteiger partial charge in [0.2, 0.25) is 0 Å². The Labute approximate surface area is 155 Å². The van der Waals surface area contributed by atoms with Gasteiger partial charge in [0.25, 0.3) is 0 Å². The molecule has 3 heterocycles. The van der Waals surface area contributed by atoms with Gasteiger partial charge in [-0.25, -0.2) is 9.97 Å². The topological polar surface area (TPSA) is 50.2 Å². The van der Waals surface area contributed by atoms with E-state index in [1.165, 1.54) is 61.2 Å². The molecular formula is C20H28N4S. The number of thioether (sulfide) groups is 1. The van der Waals surface area contributed by atoms with Crippen LogP contribution in [0.25, 0.3) is 0 Å². The van der Waals surface area contributed by atoms with Crippen LogP contribution in [0, 0.1) is 0 Å². The van der Waals surface area contributed by atoms with Gasteiger partial charge in [-0.3, -0.25) is 4.99 Å². The first-order valence-corrected chi connectivity index (χ1v) is 10.8. The summed E-state index contributed by atoms with van der Waals surface area (Å²) in [5.41, 5.74) is 5.82. The Bertz CT molecular complexity index is 710. The first-order chi connectivity index (χ1) is 12.3. The Morgan fingerprint density at radius 3 is 2.88 bits per heavy atom. The van der Waals surface area contributed by atoms with Crippen molar-refractivity contribution in [3.05, 3.63) is 23.2 Å². The van der Waals surface area contributed by atoms with Crippen LogP contribution in [0.15, 0.2) is 27.4 Å². The first-order valence-electron chi connectivity index (χ1n) is 9.87. The van der Waals surface area contributed by atoms with Crippen LogP contribution in [0.3, 0.4) is 0 Å². The molecule has 0 fully saturated rings. The molecule has 1 N–H and O–H groups in total. The number of unbranched alkanes of at least 4 members (excludes halogenated alkanes) is 2. The summed E-state index contributed by atoms with van der Waals surface area (Å²) in [7, 11) is 0. The van der Waals surface area contributed by atoms with Crippen molar-refractivity contribution < 1.29 is 0 Å². The maximum Gasteiger partial charge on any atom is 0.143 e. The number of rotatable bonds is 7. The lowest BCUT2D eigenvalue weighted by Crippen LogP contribution is -2.21. The second-order valence-corrected chi connectivity index (χ2v) is 8.37. The molecule has 25 heavy (non-hydrogen) atoms. The van der Waals surface area contributed by atoms with E-state index in [1.54, 1.807) is 17.5 Å². The number of fused-ring (bicyclic) bond motifs is 4. The lowest BCUT2D eigenvalue weighted by Gasteiger charge is -2.26. The number of nitrogens with one attached hydrogen (secondary N) is 1. The molecule has 0 aromatic carbocycles. The molecule has 2 atom stereocenters. The van der Waals surface area contributed by atoms with Gasteiger partial charge < -0.3 is 5.32 Å². The van der Waals surface area contributed by atoms with E-state index in [9.17, 15) is 0 Å². The highest BCUT2D eigenvalue weighted by Crippen LogP contribution is 2.55. The third-order valence-corrected chi connectivity index (χ3v) is 6.76. The fraction of sp³-hybridized carbons (Fsp3) is 0.650. The normalized spacial score (nSPS) is 24.0. The molecule has 0 bridgehead atoms. The summed E-state index contributed by atoms with van der Waals surface area (Å²) in [6.07, 6.45) is 11.5. The predicted molar refractivity (Wildman–Crippen MR) is 106 cm³/mol. The Morgan fingerprint density at radius 2 is 2.04 bits per heavy atom. The van der Waals surface area contributed by atoms with E-state index in [2.05, 4.69) is 24.1 Å². The molecule has 0 amide bonds. The molecule has 0 unspecified atom stereocenters. The van der Waals surface area contributed by atoms with E-state index >= 15 is 0 Å². The Balaban J connectivity index is 1.65. The number of allylic oxidation sites excluding steroid dienone is 1. The Kier molecular flexibility index (Phi) is 5.11. The van der Waals surface area contributed by atoms with E-state index < -0.39 is 0 Å². The average molecular weight is 357 g/mol. The summed E-state index contributed by atoms with van der Waals surface area (Å²) in [5.74, 6) is 1.40. The molecule has 5 heteroatoms. The van der Waals surface area contributed by atoms with Crippen LogP contribution in [-0.4, -0.2) is 27.6 Å². The minimum absolute atomic E-state index is 0.280. The number of dihydropyridines is 1. The van der Waals surface area contributed by atoms with Gasteiger partial charge >= 0.3 is 0 Å². The van der Waals surface area contributed by atoms with Gasteiger partial charge in [0.05, 0.1) is 16.5 Å². The van der Waals surface area contributed by atoms with E-state index in [0.29, 0.717) is 5.92 Å². The van der Waals surface area contributed by atoms with Crippen LogP contribution in [-0.2, 0) is 0 Å². The Hall–Kier alpha value is -1.36. The number of anilines is 1. The van der Waals surface area contributed by atoms with Gasteiger partial charge in [-0.05, 0) is 44.1 Å². The predicted octanol–water partition coefficient (Wildman–Crippen LogP) is 5.33. The zero-order valence-electron chi connectivity index (χ0n) is 15.3. The molecular weight excluding hydrogens is 328 g/mol. The van der Waals surface area contributed by atoms with E-state index in [4.69, 9.17) is 9.98 Å². The fourth-order valence-corrected chi connectivity index (χ4v) is 5.62. The molecule has 0 saturated heterocycles. The molecule has 134 valence electrons. The molecule has 4 nitrogen and oxygen atoms in total. The Morgan fingerprint density at radius 1 is 1.16 bits per heavy atom. The quantitative estimate of drug-likeness (QED) is 0.671. The smallest absolute Gasteiger partial charge is 0.143 e. The van der Waals surface area contributed by atoms with Gasteiger partial charge in [0, 0.05) is 12.3 Å². The van der Waals surface area contributed by atoms with Crippen molar-refractivity contribution >= 4 is 23.3 Å². The van der Waals surface area contributed by atoms with Crippen molar-refractivity contribution in [3.8, 4) is 0 Å². The van der Waals surface area contributed by atoms with Gasteiger partial charge in [-0.15, -0.1) is 0 Å². The van der Waals surface area contributed by atoms with Crippen molar-refractivity contribution in [1.29, 1.82) is 0 Å². The monoisotopic (exact) mass is 356 g/mol. The maximum atomic E-state index is 5.20. The van der Waals surface area contributed by atoms with E-state index in [1.807, 2.05) is 11.8 Å². The summed E-state index contributed by atoms with van der Waals surface area (Å²) in [6, 6.07) is 0. The number of hydrogen-bond acceptors (Lipinski definition) is 5. The summed E-state index contributed by atoms with van der Waals surface area (Å²) < 4.78 is 0. The number of aromatic nitrogens is 2. The standard InChI is InChI=1S/C20H28N4S/c1-3-5-10-15-13-8-7-9-14(13)16-17-18(25-20(16)24-15)19(23-12-22-17)21-11-6-4-2/h12,16,20H,3-11H2,1-2H3,(H,21,22,23)/t16-,20+/m0/s1. The second kappa shape index (κ2) is 7.48. The lowest BCUT2D eigenvalue weighted by atomic mass is 9.87. The highest BCUT2D eigenvalue weighted by atomic mass is 32.2. The minimum Gasteiger partial charge on any atom is -0.369 e. The van der Waals surface area contributed by atoms with Gasteiger partial charge in [-0.2, -0.15) is 0 Å². The molecule has 3 aliphatic rings. The maximum absolute atomic E-state index is 5.20. The third-order valence-electron chi connectivity index (χ3n) is 5.51. The molecule has 0 spiro atoms. The fourth-order valence-electron chi connectivity index (χ4n) is 4.23. The van der Waals surface area contributed by atoms with Crippen LogP contribution in [0.2, 0.25) is 0 Å². The highest BCUT2D eigenvalue weighted by molar-refractivity contribution is 8.00. The summed E-state index contributed by atoms with van der Waals surface area (Å²) in [5, 5.41) is 3.80. The molecule has 2 aliphatic heterocycles. The van der Waals surface area contributed by atoms with Gasteiger partial charge in [0.15, 0.2) is 0 Å². The summed E-state index contributed by atoms with van der Waals surface area (Å²) in [6.45, 7) is 5.46. The molecule has 0 radical (unpaired) electrons. The number of nitrogens with zero attached hydrogens (tertiary/aromatic N) is 3. The van der Waals surface area contributed by atoms with Crippen LogP contribution in [0.4, 0.5) is 5.82 Å². The lowest BCUT2D eigenvalue weighted by molar-refractivity contribution is 0.694. The van der Waals surface area contributed by atoms with Crippen molar-refractivity contribution in [2.75, 3.05) is 11.9 Å². The molecule has 1 aliphatic carbocycles. The largest absolute Gasteiger partial charge is 0.369 e. The zero-order chi connectivity index (χ0) is 17.2. The van der Waals surface area contributed by atoms with E-state index in [0.717, 1.165) is 18.8 Å². The van der Waals surface area contributed by atoms with Gasteiger partial charge in [0.1, 0.15) is 17.5 Å². The first kappa shape index (κ1) is 17.1. The van der Waals surface area contributed by atoms with E-state index in [-0.39, 0.29) is 5.37 Å². The summed E-state index contributed by atoms with van der Waals surface area (Å²) >= 11 is 1.88. The SMILES string of the molecule is CCCCNc1ncnc2c1S[C@H]1N=C(CCCC)C3=C(CCC3)[C@@H]21. The molecule has 0 saturated carbocycles. The van der Waals surface area contributed by atoms with Gasteiger partial charge in [-0.1, -0.05) is 44.0 Å². The van der Waals surface area contributed by atoms with Crippen LogP contribution < -0.4 is 5.32 Å². The van der Waals surface area contributed by atoms with Crippen LogP contribution in [0.1, 0.15) is 76.8 Å². The van der Waals surface area contributed by atoms with Crippen LogP contribution in [0.5, 0.6) is 0 Å². The van der Waals surface area contributed by atoms with Crippen molar-refractivity contribution in [2.45, 2.75) is 81.4 Å².